The molecule has 0 amide bonds. The van der Waals surface area contributed by atoms with Crippen LogP contribution < -0.4 is 10.4 Å². The molecule has 0 fully saturated rings. The van der Waals surface area contributed by atoms with Gasteiger partial charge in [0.25, 0.3) is 10.0 Å². The van der Waals surface area contributed by atoms with Crippen molar-refractivity contribution >= 4 is 27.3 Å². The molecule has 0 spiro atoms. The predicted molar refractivity (Wildman–Crippen MR) is 96.2 cm³/mol. The molecule has 148 valence electrons. The molecule has 0 unspecified atom stereocenters. The lowest BCUT2D eigenvalue weighted by molar-refractivity contribution is -0.137. The van der Waals surface area contributed by atoms with Crippen molar-refractivity contribution < 1.29 is 21.6 Å². The van der Waals surface area contributed by atoms with E-state index in [9.17, 15) is 26.4 Å². The number of H-pyrrole nitrogens is 1. The first-order chi connectivity index (χ1) is 13.0. The lowest BCUT2D eigenvalue weighted by Gasteiger charge is -2.15. The van der Waals surface area contributed by atoms with Crippen molar-refractivity contribution in [1.29, 1.82) is 0 Å². The Balaban J connectivity index is 2.04. The van der Waals surface area contributed by atoms with Crippen LogP contribution in [0, 0.1) is 6.92 Å². The third-order valence-electron chi connectivity index (χ3n) is 3.87. The zero-order chi connectivity index (χ0) is 20.7. The maximum absolute atomic E-state index is 13.0. The van der Waals surface area contributed by atoms with Crippen LogP contribution >= 0.6 is 11.6 Å². The van der Waals surface area contributed by atoms with E-state index in [1.54, 1.807) is 13.0 Å². The summed E-state index contributed by atoms with van der Waals surface area (Å²) in [5.74, 6) is 0. The Labute approximate surface area is 161 Å². The highest BCUT2D eigenvalue weighted by Crippen LogP contribution is 2.33. The van der Waals surface area contributed by atoms with E-state index in [1.807, 2.05) is 0 Å². The van der Waals surface area contributed by atoms with Gasteiger partial charge in [-0.2, -0.15) is 18.3 Å². The number of halogens is 4. The van der Waals surface area contributed by atoms with Crippen LogP contribution in [-0.4, -0.2) is 23.2 Å². The first-order valence-electron chi connectivity index (χ1n) is 7.61. The van der Waals surface area contributed by atoms with Crippen LogP contribution in [0.1, 0.15) is 11.1 Å². The van der Waals surface area contributed by atoms with Crippen LogP contribution in [0.15, 0.2) is 52.4 Å². The number of nitrogens with zero attached hydrogens (tertiary/aromatic N) is 2. The maximum atomic E-state index is 13.0. The molecule has 0 saturated heterocycles. The molecule has 12 heteroatoms. The Morgan fingerprint density at radius 1 is 1.21 bits per heavy atom. The number of alkyl halides is 3. The van der Waals surface area contributed by atoms with Crippen LogP contribution in [-0.2, 0) is 16.2 Å². The number of sulfonamides is 1. The lowest BCUT2D eigenvalue weighted by Crippen LogP contribution is -2.18. The van der Waals surface area contributed by atoms with E-state index in [0.29, 0.717) is 23.4 Å². The number of hydrogen-bond donors (Lipinski definition) is 2. The van der Waals surface area contributed by atoms with Gasteiger partial charge in [-0.15, -0.1) is 0 Å². The minimum atomic E-state index is -4.76. The largest absolute Gasteiger partial charge is 0.416 e. The SMILES string of the molecule is Cc1c(NS(=O)(=O)c2cc(Cl)cc(C(F)(F)F)c2)cccc1-n1cn[nH]c1=O. The maximum Gasteiger partial charge on any atom is 0.416 e. The molecule has 0 aliphatic rings. The van der Waals surface area contributed by atoms with Crippen LogP contribution in [0.3, 0.4) is 0 Å². The van der Waals surface area contributed by atoms with Gasteiger partial charge in [0.1, 0.15) is 6.33 Å². The van der Waals surface area contributed by atoms with Crippen molar-refractivity contribution in [3.63, 3.8) is 0 Å². The lowest BCUT2D eigenvalue weighted by atomic mass is 10.1. The topological polar surface area (TPSA) is 96.8 Å². The summed E-state index contributed by atoms with van der Waals surface area (Å²) in [6, 6.07) is 6.51. The van der Waals surface area contributed by atoms with Crippen molar-refractivity contribution in [2.45, 2.75) is 18.0 Å². The normalized spacial score (nSPS) is 12.2. The molecular formula is C16H12ClF3N4O3S. The zero-order valence-corrected chi connectivity index (χ0v) is 15.7. The summed E-state index contributed by atoms with van der Waals surface area (Å²) in [6.45, 7) is 1.55. The van der Waals surface area contributed by atoms with Gasteiger partial charge in [0.05, 0.1) is 21.8 Å². The van der Waals surface area contributed by atoms with Crippen molar-refractivity contribution in [3.8, 4) is 5.69 Å². The van der Waals surface area contributed by atoms with E-state index >= 15 is 0 Å². The fourth-order valence-corrected chi connectivity index (χ4v) is 3.99. The molecule has 2 aromatic carbocycles. The summed E-state index contributed by atoms with van der Waals surface area (Å²) in [6.07, 6.45) is -3.54. The molecule has 0 saturated carbocycles. The minimum Gasteiger partial charge on any atom is -0.279 e. The van der Waals surface area contributed by atoms with Crippen LogP contribution in [0.5, 0.6) is 0 Å². The fourth-order valence-electron chi connectivity index (χ4n) is 2.50. The van der Waals surface area contributed by atoms with E-state index < -0.39 is 32.3 Å². The zero-order valence-electron chi connectivity index (χ0n) is 14.1. The Morgan fingerprint density at radius 3 is 2.54 bits per heavy atom. The van der Waals surface area contributed by atoms with Gasteiger partial charge < -0.3 is 0 Å². The van der Waals surface area contributed by atoms with Crippen molar-refractivity contribution in [2.24, 2.45) is 0 Å². The second kappa shape index (κ2) is 6.99. The Bertz CT molecular complexity index is 1200. The van der Waals surface area contributed by atoms with Gasteiger partial charge in [-0.05, 0) is 42.8 Å². The predicted octanol–water partition coefficient (Wildman–Crippen LogP) is 3.34. The number of aromatic nitrogens is 3. The molecular weight excluding hydrogens is 421 g/mol. The minimum absolute atomic E-state index is 0.0825. The van der Waals surface area contributed by atoms with Gasteiger partial charge in [-0.25, -0.2) is 22.9 Å². The summed E-state index contributed by atoms with van der Waals surface area (Å²) < 4.78 is 67.5. The van der Waals surface area contributed by atoms with E-state index in [0.717, 1.165) is 10.6 Å². The van der Waals surface area contributed by atoms with Gasteiger partial charge >= 0.3 is 11.9 Å². The van der Waals surface area contributed by atoms with E-state index in [1.165, 1.54) is 18.5 Å². The Hall–Kier alpha value is -2.79. The standard InChI is InChI=1S/C16H12ClF3N4O3S/c1-9-13(3-2-4-14(9)24-8-21-22-15(24)25)23-28(26,27)12-6-10(16(18,19)20)5-11(17)7-12/h2-8,23H,1H3,(H,22,25). The number of rotatable bonds is 4. The summed E-state index contributed by atoms with van der Waals surface area (Å²) in [5.41, 5.74) is -0.920. The van der Waals surface area contributed by atoms with Gasteiger partial charge in [0.15, 0.2) is 0 Å². The number of hydrogen-bond acceptors (Lipinski definition) is 4. The molecule has 0 atom stereocenters. The van der Waals surface area contributed by atoms with E-state index in [2.05, 4.69) is 14.9 Å². The Morgan fingerprint density at radius 2 is 1.93 bits per heavy atom. The van der Waals surface area contributed by atoms with E-state index in [-0.39, 0.29) is 10.7 Å². The summed E-state index contributed by atoms with van der Waals surface area (Å²) >= 11 is 5.67. The van der Waals surface area contributed by atoms with Crippen molar-refractivity contribution in [3.05, 3.63) is 69.4 Å². The van der Waals surface area contributed by atoms with Crippen molar-refractivity contribution in [1.82, 2.24) is 14.8 Å². The molecule has 1 heterocycles. The fraction of sp³-hybridized carbons (Fsp3) is 0.125. The molecule has 7 nitrogen and oxygen atoms in total. The highest BCUT2D eigenvalue weighted by molar-refractivity contribution is 7.92. The highest BCUT2D eigenvalue weighted by Gasteiger charge is 2.32. The van der Waals surface area contributed by atoms with Gasteiger partial charge in [-0.1, -0.05) is 17.7 Å². The monoisotopic (exact) mass is 432 g/mol. The number of nitrogens with one attached hydrogen (secondary N) is 2. The van der Waals surface area contributed by atoms with Crippen LogP contribution in [0.2, 0.25) is 5.02 Å². The second-order valence-electron chi connectivity index (χ2n) is 5.76. The molecule has 28 heavy (non-hydrogen) atoms. The third kappa shape index (κ3) is 3.90. The van der Waals surface area contributed by atoms with E-state index in [4.69, 9.17) is 11.6 Å². The summed E-state index contributed by atoms with van der Waals surface area (Å²) in [4.78, 5) is 11.1. The molecule has 0 bridgehead atoms. The molecule has 3 aromatic rings. The molecule has 2 N–H and O–H groups in total. The smallest absolute Gasteiger partial charge is 0.279 e. The molecule has 0 radical (unpaired) electrons. The quantitative estimate of drug-likeness (QED) is 0.660. The molecule has 1 aromatic heterocycles. The average Bonchev–Trinajstić information content (AvgIpc) is 3.01. The second-order valence-corrected chi connectivity index (χ2v) is 7.88. The first-order valence-corrected chi connectivity index (χ1v) is 9.48. The van der Waals surface area contributed by atoms with Crippen molar-refractivity contribution in [2.75, 3.05) is 4.72 Å². The first kappa shape index (κ1) is 20.0. The Kier molecular flexibility index (Phi) is 4.98. The van der Waals surface area contributed by atoms with Gasteiger partial charge in [0, 0.05) is 5.02 Å². The van der Waals surface area contributed by atoms with Gasteiger partial charge in [0.2, 0.25) is 0 Å². The number of benzene rings is 2. The van der Waals surface area contributed by atoms with Crippen LogP contribution in [0.25, 0.3) is 5.69 Å². The van der Waals surface area contributed by atoms with Gasteiger partial charge in [-0.3, -0.25) is 4.72 Å². The average molecular weight is 433 g/mol. The third-order valence-corrected chi connectivity index (χ3v) is 5.43. The highest BCUT2D eigenvalue weighted by atomic mass is 35.5. The number of aromatic amines is 1. The number of anilines is 1. The summed E-state index contributed by atoms with van der Waals surface area (Å²) in [7, 11) is -4.38. The van der Waals surface area contributed by atoms with Crippen LogP contribution in [0.4, 0.5) is 18.9 Å². The molecule has 0 aliphatic heterocycles. The molecule has 0 aliphatic carbocycles. The molecule has 3 rings (SSSR count). The summed E-state index contributed by atoms with van der Waals surface area (Å²) in [5, 5.41) is 5.44.